The summed E-state index contributed by atoms with van der Waals surface area (Å²) in [5, 5.41) is -0.142. The SMILES string of the molecule is CC(C)c1ccc(COc2ccc(Br)cc2)cc1CC(CCC(C)(C)[Si](C)(C)O)CC(C)(C)[Si](C)(C)O. The first-order chi connectivity index (χ1) is 16.8. The van der Waals surface area contributed by atoms with Crippen LogP contribution in [0.1, 0.15) is 83.4 Å². The van der Waals surface area contributed by atoms with Crippen molar-refractivity contribution in [2.45, 2.75) is 116 Å². The van der Waals surface area contributed by atoms with E-state index in [4.69, 9.17) is 4.74 Å². The fraction of sp³-hybridized carbons (Fsp3) is 0.613. The molecule has 0 fully saturated rings. The van der Waals surface area contributed by atoms with Crippen molar-refractivity contribution in [1.82, 2.24) is 0 Å². The van der Waals surface area contributed by atoms with Gasteiger partial charge in [-0.15, -0.1) is 0 Å². The smallest absolute Gasteiger partial charge is 0.188 e. The first-order valence-electron chi connectivity index (χ1n) is 13.8. The summed E-state index contributed by atoms with van der Waals surface area (Å²) >= 11 is 3.48. The predicted octanol–water partition coefficient (Wildman–Crippen LogP) is 9.44. The molecule has 0 heterocycles. The summed E-state index contributed by atoms with van der Waals surface area (Å²) in [5.41, 5.74) is 3.97. The lowest BCUT2D eigenvalue weighted by Crippen LogP contribution is -2.41. The second-order valence-corrected chi connectivity index (χ2v) is 23.5. The topological polar surface area (TPSA) is 49.7 Å². The van der Waals surface area contributed by atoms with Crippen molar-refractivity contribution in [3.05, 3.63) is 63.6 Å². The van der Waals surface area contributed by atoms with Gasteiger partial charge in [-0.3, -0.25) is 0 Å². The van der Waals surface area contributed by atoms with Gasteiger partial charge in [0.25, 0.3) is 0 Å². The van der Waals surface area contributed by atoms with Crippen molar-refractivity contribution in [3.8, 4) is 5.75 Å². The summed E-state index contributed by atoms with van der Waals surface area (Å²) < 4.78 is 7.13. The van der Waals surface area contributed by atoms with E-state index in [0.717, 1.165) is 35.9 Å². The van der Waals surface area contributed by atoms with Crippen LogP contribution in [0.4, 0.5) is 0 Å². The van der Waals surface area contributed by atoms with Crippen molar-refractivity contribution < 1.29 is 14.3 Å². The minimum atomic E-state index is -2.34. The van der Waals surface area contributed by atoms with Gasteiger partial charge in [0, 0.05) is 4.47 Å². The molecule has 0 aliphatic heterocycles. The van der Waals surface area contributed by atoms with Gasteiger partial charge >= 0.3 is 0 Å². The third-order valence-electron chi connectivity index (χ3n) is 8.85. The van der Waals surface area contributed by atoms with Crippen LogP contribution < -0.4 is 4.74 Å². The molecule has 6 heteroatoms. The van der Waals surface area contributed by atoms with Crippen molar-refractivity contribution in [3.63, 3.8) is 0 Å². The maximum Gasteiger partial charge on any atom is 0.188 e. The predicted molar refractivity (Wildman–Crippen MR) is 168 cm³/mol. The number of ether oxygens (including phenoxy) is 1. The Hall–Kier alpha value is -0.926. The Bertz CT molecular complexity index is 1000. The number of hydrogen-bond donors (Lipinski definition) is 2. The molecule has 2 aromatic carbocycles. The van der Waals surface area contributed by atoms with Gasteiger partial charge in [-0.25, -0.2) is 0 Å². The first-order valence-corrected chi connectivity index (χ1v) is 20.5. The summed E-state index contributed by atoms with van der Waals surface area (Å²) in [6.07, 6.45) is 4.02. The zero-order valence-corrected chi connectivity index (χ0v) is 28.5. The third kappa shape index (κ3) is 9.35. The minimum absolute atomic E-state index is 0.0528. The summed E-state index contributed by atoms with van der Waals surface area (Å²) in [4.78, 5) is 22.0. The second kappa shape index (κ2) is 12.5. The first kappa shape index (κ1) is 32.3. The highest BCUT2D eigenvalue weighted by Gasteiger charge is 2.41. The molecular weight excluding hydrogens is 556 g/mol. The Kier molecular flexibility index (Phi) is 10.9. The van der Waals surface area contributed by atoms with E-state index in [2.05, 4.69) is 102 Å². The number of rotatable bonds is 13. The number of benzene rings is 2. The van der Waals surface area contributed by atoms with Gasteiger partial charge in [0.15, 0.2) is 16.6 Å². The van der Waals surface area contributed by atoms with E-state index in [1.807, 2.05) is 24.3 Å². The van der Waals surface area contributed by atoms with E-state index in [1.165, 1.54) is 16.7 Å². The van der Waals surface area contributed by atoms with E-state index in [-0.39, 0.29) is 10.1 Å². The van der Waals surface area contributed by atoms with Gasteiger partial charge in [-0.2, -0.15) is 0 Å². The molecule has 0 aliphatic rings. The minimum Gasteiger partial charge on any atom is -0.489 e. The van der Waals surface area contributed by atoms with Crippen molar-refractivity contribution in [2.75, 3.05) is 0 Å². The van der Waals surface area contributed by atoms with Crippen LogP contribution in [0.2, 0.25) is 36.3 Å². The molecule has 1 unspecified atom stereocenters. The maximum atomic E-state index is 11.1. The molecule has 3 nitrogen and oxygen atoms in total. The Labute approximate surface area is 237 Å². The van der Waals surface area contributed by atoms with Gasteiger partial charge in [0.2, 0.25) is 0 Å². The number of halogens is 1. The molecule has 37 heavy (non-hydrogen) atoms. The average Bonchev–Trinajstić information content (AvgIpc) is 2.75. The summed E-state index contributed by atoms with van der Waals surface area (Å²) in [5.74, 6) is 1.74. The van der Waals surface area contributed by atoms with E-state index < -0.39 is 16.6 Å². The van der Waals surface area contributed by atoms with Crippen LogP contribution in [0.5, 0.6) is 5.75 Å². The third-order valence-corrected chi connectivity index (χ3v) is 16.5. The molecule has 0 bridgehead atoms. The highest BCUT2D eigenvalue weighted by atomic mass is 79.9. The molecule has 0 aliphatic carbocycles. The fourth-order valence-corrected chi connectivity index (χ4v) is 6.42. The maximum absolute atomic E-state index is 11.1. The monoisotopic (exact) mass is 606 g/mol. The van der Waals surface area contributed by atoms with Crippen molar-refractivity contribution in [1.29, 1.82) is 0 Å². The highest BCUT2D eigenvalue weighted by Crippen LogP contribution is 2.47. The molecule has 0 saturated heterocycles. The van der Waals surface area contributed by atoms with Crippen LogP contribution in [0.3, 0.4) is 0 Å². The molecule has 208 valence electrons. The van der Waals surface area contributed by atoms with Crippen LogP contribution in [-0.4, -0.2) is 26.2 Å². The second-order valence-electron chi connectivity index (χ2n) is 13.6. The summed E-state index contributed by atoms with van der Waals surface area (Å²) in [7, 11) is -4.62. The Balaban J connectivity index is 2.33. The Morgan fingerprint density at radius 1 is 0.865 bits per heavy atom. The molecule has 2 aromatic rings. The van der Waals surface area contributed by atoms with Crippen LogP contribution in [0.15, 0.2) is 46.9 Å². The molecule has 2 N–H and O–H groups in total. The van der Waals surface area contributed by atoms with E-state index in [0.29, 0.717) is 18.4 Å². The lowest BCUT2D eigenvalue weighted by atomic mass is 9.82. The Morgan fingerprint density at radius 3 is 1.95 bits per heavy atom. The molecule has 0 aromatic heterocycles. The molecule has 1 atom stereocenters. The average molecular weight is 608 g/mol. The standard InChI is InChI=1S/C31H51BrO3Si2/c1-23(2)29-16-11-25(22-35-28-14-12-27(32)13-15-28)20-26(29)19-24(21-31(5,6)37(9,10)34)17-18-30(3,4)36(7,8)33/h11-16,20,23-24,33-34H,17-19,21-22H2,1-10H3. The molecular formula is C31H51BrO3Si2. The lowest BCUT2D eigenvalue weighted by Gasteiger charge is -2.40. The van der Waals surface area contributed by atoms with Gasteiger partial charge in [0.1, 0.15) is 12.4 Å². The summed E-state index contributed by atoms with van der Waals surface area (Å²) in [6.45, 7) is 22.3. The normalized spacial score (nSPS) is 14.2. The van der Waals surface area contributed by atoms with Crippen LogP contribution in [0.25, 0.3) is 0 Å². The quantitative estimate of drug-likeness (QED) is 0.223. The van der Waals surface area contributed by atoms with Crippen molar-refractivity contribution in [2.24, 2.45) is 5.92 Å². The fourth-order valence-electron chi connectivity index (χ4n) is 4.62. The van der Waals surface area contributed by atoms with E-state index in [1.54, 1.807) is 0 Å². The van der Waals surface area contributed by atoms with Crippen LogP contribution in [0, 0.1) is 5.92 Å². The number of hydrogen-bond acceptors (Lipinski definition) is 3. The lowest BCUT2D eigenvalue weighted by molar-refractivity contribution is 0.305. The van der Waals surface area contributed by atoms with Gasteiger partial charge in [-0.05, 0) is 115 Å². The molecule has 0 spiro atoms. The van der Waals surface area contributed by atoms with Gasteiger partial charge in [-0.1, -0.05) is 75.7 Å². The zero-order valence-electron chi connectivity index (χ0n) is 24.9. The molecule has 0 radical (unpaired) electrons. The van der Waals surface area contributed by atoms with Crippen LogP contribution >= 0.6 is 15.9 Å². The molecule has 0 saturated carbocycles. The Morgan fingerprint density at radius 2 is 1.43 bits per heavy atom. The van der Waals surface area contributed by atoms with E-state index in [9.17, 15) is 9.59 Å². The van der Waals surface area contributed by atoms with Crippen molar-refractivity contribution >= 4 is 32.6 Å². The zero-order chi connectivity index (χ0) is 28.2. The van der Waals surface area contributed by atoms with E-state index >= 15 is 0 Å². The largest absolute Gasteiger partial charge is 0.489 e. The van der Waals surface area contributed by atoms with Gasteiger partial charge in [0.05, 0.1) is 0 Å². The molecule has 2 rings (SSSR count). The highest BCUT2D eigenvalue weighted by molar-refractivity contribution is 9.10. The summed E-state index contributed by atoms with van der Waals surface area (Å²) in [6, 6.07) is 14.8. The molecule has 0 amide bonds. The van der Waals surface area contributed by atoms with Gasteiger partial charge < -0.3 is 14.3 Å². The van der Waals surface area contributed by atoms with Crippen LogP contribution in [-0.2, 0) is 13.0 Å².